The molecule has 0 unspecified atom stereocenters. The van der Waals surface area contributed by atoms with Gasteiger partial charge in [0.25, 0.3) is 5.91 Å². The molecule has 198 valence electrons. The van der Waals surface area contributed by atoms with Crippen LogP contribution in [0.3, 0.4) is 0 Å². The molecule has 38 heavy (non-hydrogen) atoms. The van der Waals surface area contributed by atoms with Crippen LogP contribution >= 0.6 is 0 Å². The highest BCUT2D eigenvalue weighted by atomic mass is 32.2. The van der Waals surface area contributed by atoms with E-state index in [1.807, 2.05) is 54.6 Å². The maximum atomic E-state index is 13.0. The van der Waals surface area contributed by atoms with E-state index in [1.165, 1.54) is 0 Å². The van der Waals surface area contributed by atoms with Crippen molar-refractivity contribution >= 4 is 26.7 Å². The van der Waals surface area contributed by atoms with Gasteiger partial charge in [0.05, 0.1) is 5.75 Å². The summed E-state index contributed by atoms with van der Waals surface area (Å²) in [6.07, 6.45) is 5.83. The van der Waals surface area contributed by atoms with Gasteiger partial charge in [-0.1, -0.05) is 118 Å². The Morgan fingerprint density at radius 3 is 2.13 bits per heavy atom. The van der Waals surface area contributed by atoms with Crippen LogP contribution in [0.25, 0.3) is 21.9 Å². The number of unbranched alkanes of at least 4 members (excludes halogenated alkanes) is 5. The van der Waals surface area contributed by atoms with Crippen LogP contribution in [0.4, 0.5) is 0 Å². The zero-order valence-electron chi connectivity index (χ0n) is 21.9. The summed E-state index contributed by atoms with van der Waals surface area (Å²) in [4.78, 5) is 13.0. The number of hydrogen-bond acceptors (Lipinski definition) is 4. The molecular formula is C32H35NO4S. The predicted molar refractivity (Wildman–Crippen MR) is 155 cm³/mol. The van der Waals surface area contributed by atoms with Gasteiger partial charge in [0.15, 0.2) is 0 Å². The molecule has 4 aromatic carbocycles. The summed E-state index contributed by atoms with van der Waals surface area (Å²) in [6, 6.07) is 29.2. The average molecular weight is 530 g/mol. The van der Waals surface area contributed by atoms with Gasteiger partial charge >= 0.3 is 0 Å². The maximum Gasteiger partial charge on any atom is 0.265 e. The van der Waals surface area contributed by atoms with Gasteiger partial charge in [-0.3, -0.25) is 4.79 Å². The second kappa shape index (κ2) is 13.2. The Morgan fingerprint density at radius 2 is 1.37 bits per heavy atom. The molecule has 1 N–H and O–H groups in total. The molecule has 0 aliphatic rings. The standard InChI is InChI=1S/C32H35NO4S/c1-2-3-4-5-6-10-23-38(35,36)33-32(34)30-17-11-16-29-28(30)15-12-18-31(29)37-24-25-19-21-27(22-20-25)26-13-8-7-9-14-26/h7-9,11-22H,2-6,10,23-24H2,1H3,(H,33,34). The van der Waals surface area contributed by atoms with Crippen LogP contribution in [-0.2, 0) is 16.6 Å². The van der Waals surface area contributed by atoms with Crippen LogP contribution in [0, 0.1) is 0 Å². The molecule has 1 amide bonds. The number of benzene rings is 4. The molecule has 4 rings (SSSR count). The highest BCUT2D eigenvalue weighted by molar-refractivity contribution is 7.90. The van der Waals surface area contributed by atoms with Gasteiger partial charge in [-0.25, -0.2) is 13.1 Å². The Labute approximate surface area is 225 Å². The molecule has 0 atom stereocenters. The Balaban J connectivity index is 1.41. The van der Waals surface area contributed by atoms with Crippen LogP contribution in [0.5, 0.6) is 5.75 Å². The van der Waals surface area contributed by atoms with Crippen molar-refractivity contribution in [3.8, 4) is 16.9 Å². The highest BCUT2D eigenvalue weighted by Crippen LogP contribution is 2.29. The van der Waals surface area contributed by atoms with E-state index in [4.69, 9.17) is 4.74 Å². The fraction of sp³-hybridized carbons (Fsp3) is 0.281. The first-order valence-corrected chi connectivity index (χ1v) is 15.0. The summed E-state index contributed by atoms with van der Waals surface area (Å²) in [6.45, 7) is 2.52. The lowest BCUT2D eigenvalue weighted by molar-refractivity contribution is 0.0983. The highest BCUT2D eigenvalue weighted by Gasteiger charge is 2.18. The Bertz CT molecular complexity index is 1450. The van der Waals surface area contributed by atoms with Crippen LogP contribution < -0.4 is 9.46 Å². The van der Waals surface area contributed by atoms with Gasteiger partial charge in [0, 0.05) is 10.9 Å². The minimum Gasteiger partial charge on any atom is -0.488 e. The van der Waals surface area contributed by atoms with E-state index in [0.29, 0.717) is 29.7 Å². The number of rotatable bonds is 13. The number of carbonyl (C=O) groups excluding carboxylic acids is 1. The van der Waals surface area contributed by atoms with Crippen molar-refractivity contribution in [2.24, 2.45) is 0 Å². The van der Waals surface area contributed by atoms with Crippen LogP contribution in [-0.4, -0.2) is 20.1 Å². The summed E-state index contributed by atoms with van der Waals surface area (Å²) in [5, 5.41) is 1.41. The van der Waals surface area contributed by atoms with E-state index in [-0.39, 0.29) is 5.75 Å². The summed E-state index contributed by atoms with van der Waals surface area (Å²) in [7, 11) is -3.70. The molecular weight excluding hydrogens is 494 g/mol. The van der Waals surface area contributed by atoms with Gasteiger partial charge < -0.3 is 4.74 Å². The summed E-state index contributed by atoms with van der Waals surface area (Å²) in [5.41, 5.74) is 3.64. The smallest absolute Gasteiger partial charge is 0.265 e. The number of amides is 1. The monoisotopic (exact) mass is 529 g/mol. The lowest BCUT2D eigenvalue weighted by Gasteiger charge is -2.13. The molecule has 0 spiro atoms. The van der Waals surface area contributed by atoms with Crippen molar-refractivity contribution in [3.05, 3.63) is 102 Å². The van der Waals surface area contributed by atoms with Crippen LogP contribution in [0.15, 0.2) is 91.0 Å². The Morgan fingerprint density at radius 1 is 0.711 bits per heavy atom. The van der Waals surface area contributed by atoms with Gasteiger partial charge in [0.2, 0.25) is 10.0 Å². The molecule has 0 heterocycles. The van der Waals surface area contributed by atoms with Crippen molar-refractivity contribution in [2.45, 2.75) is 52.1 Å². The molecule has 4 aromatic rings. The topological polar surface area (TPSA) is 72.5 Å². The largest absolute Gasteiger partial charge is 0.488 e. The molecule has 0 saturated carbocycles. The van der Waals surface area contributed by atoms with E-state index in [9.17, 15) is 13.2 Å². The quantitative estimate of drug-likeness (QED) is 0.182. The van der Waals surface area contributed by atoms with E-state index in [0.717, 1.165) is 54.2 Å². The number of hydrogen-bond donors (Lipinski definition) is 1. The van der Waals surface area contributed by atoms with E-state index in [2.05, 4.69) is 35.9 Å². The molecule has 0 aliphatic carbocycles. The second-order valence-electron chi connectivity index (χ2n) is 9.53. The molecule has 0 bridgehead atoms. The number of carbonyl (C=O) groups is 1. The predicted octanol–water partition coefficient (Wildman–Crippen LogP) is 7.51. The average Bonchev–Trinajstić information content (AvgIpc) is 2.94. The first-order valence-electron chi connectivity index (χ1n) is 13.3. The third-order valence-electron chi connectivity index (χ3n) is 6.60. The number of nitrogens with one attached hydrogen (secondary N) is 1. The second-order valence-corrected chi connectivity index (χ2v) is 11.4. The number of sulfonamides is 1. The molecule has 0 aliphatic heterocycles. The third-order valence-corrected chi connectivity index (χ3v) is 7.92. The first-order chi connectivity index (χ1) is 18.5. The minimum absolute atomic E-state index is 0.0486. The minimum atomic E-state index is -3.70. The molecule has 0 saturated heterocycles. The zero-order valence-corrected chi connectivity index (χ0v) is 22.7. The van der Waals surface area contributed by atoms with E-state index >= 15 is 0 Å². The molecule has 0 fully saturated rings. The summed E-state index contributed by atoms with van der Waals surface area (Å²) in [5.74, 6) is -0.0259. The van der Waals surface area contributed by atoms with Crippen molar-refractivity contribution < 1.29 is 17.9 Å². The molecule has 6 heteroatoms. The van der Waals surface area contributed by atoms with Crippen molar-refractivity contribution in [3.63, 3.8) is 0 Å². The Kier molecular flexibility index (Phi) is 9.55. The lowest BCUT2D eigenvalue weighted by Crippen LogP contribution is -2.32. The zero-order chi connectivity index (χ0) is 26.8. The fourth-order valence-electron chi connectivity index (χ4n) is 4.51. The lowest BCUT2D eigenvalue weighted by atomic mass is 10.0. The van der Waals surface area contributed by atoms with Gasteiger partial charge in [0.1, 0.15) is 12.4 Å². The molecule has 5 nitrogen and oxygen atoms in total. The number of fused-ring (bicyclic) bond motifs is 1. The van der Waals surface area contributed by atoms with E-state index < -0.39 is 15.9 Å². The van der Waals surface area contributed by atoms with Crippen molar-refractivity contribution in [2.75, 3.05) is 5.75 Å². The van der Waals surface area contributed by atoms with Gasteiger partial charge in [-0.15, -0.1) is 0 Å². The van der Waals surface area contributed by atoms with E-state index in [1.54, 1.807) is 12.1 Å². The normalized spacial score (nSPS) is 11.4. The van der Waals surface area contributed by atoms with Gasteiger partial charge in [-0.05, 0) is 40.6 Å². The van der Waals surface area contributed by atoms with Crippen LogP contribution in [0.1, 0.15) is 61.4 Å². The fourth-order valence-corrected chi connectivity index (χ4v) is 5.59. The molecule has 0 radical (unpaired) electrons. The van der Waals surface area contributed by atoms with Gasteiger partial charge in [-0.2, -0.15) is 0 Å². The Hall–Kier alpha value is -3.64. The first kappa shape index (κ1) is 27.4. The SMILES string of the molecule is CCCCCCCCS(=O)(=O)NC(=O)c1cccc2c(OCc3ccc(-c4ccccc4)cc3)cccc12. The number of ether oxygens (including phenoxy) is 1. The van der Waals surface area contributed by atoms with Crippen LogP contribution in [0.2, 0.25) is 0 Å². The maximum absolute atomic E-state index is 13.0. The van der Waals surface area contributed by atoms with Crippen molar-refractivity contribution in [1.29, 1.82) is 0 Å². The van der Waals surface area contributed by atoms with Crippen molar-refractivity contribution in [1.82, 2.24) is 4.72 Å². The molecule has 0 aromatic heterocycles. The third kappa shape index (κ3) is 7.45. The summed E-state index contributed by atoms with van der Waals surface area (Å²) >= 11 is 0. The summed E-state index contributed by atoms with van der Waals surface area (Å²) < 4.78 is 33.4.